The van der Waals surface area contributed by atoms with Crippen LogP contribution in [0.2, 0.25) is 0 Å². The molecule has 1 aliphatic rings. The van der Waals surface area contributed by atoms with Gasteiger partial charge >= 0.3 is 5.97 Å². The minimum absolute atomic E-state index is 0.339. The summed E-state index contributed by atoms with van der Waals surface area (Å²) < 4.78 is 0. The summed E-state index contributed by atoms with van der Waals surface area (Å²) in [7, 11) is 0. The molecule has 5 nitrogen and oxygen atoms in total. The number of carboxylic acids is 1. The zero-order chi connectivity index (χ0) is 13.8. The van der Waals surface area contributed by atoms with Crippen LogP contribution in [0.25, 0.3) is 0 Å². The molecule has 1 amide bonds. The van der Waals surface area contributed by atoms with Crippen molar-refractivity contribution < 1.29 is 14.7 Å². The van der Waals surface area contributed by atoms with Crippen LogP contribution in [0.15, 0.2) is 0 Å². The highest BCUT2D eigenvalue weighted by Gasteiger charge is 2.42. The molecule has 1 saturated carbocycles. The molecular weight excluding hydrogens is 232 g/mol. The molecule has 0 aromatic heterocycles. The van der Waals surface area contributed by atoms with E-state index in [2.05, 4.69) is 12.2 Å². The van der Waals surface area contributed by atoms with Gasteiger partial charge in [-0.25, -0.2) is 4.79 Å². The van der Waals surface area contributed by atoms with Crippen LogP contribution in [0.4, 0.5) is 0 Å². The van der Waals surface area contributed by atoms with Gasteiger partial charge in [0.1, 0.15) is 5.54 Å². The molecule has 0 unspecified atom stereocenters. The standard InChI is InChI=1S/C13H24N2O3/c1-3-4-10(14)11(16)15-13(12(17)18)7-5-9(2)6-8-13/h9-10H,3-8,14H2,1-2H3,(H,15,16)(H,17,18)/t9?,10-,13?/m0/s1. The van der Waals surface area contributed by atoms with E-state index in [0.29, 0.717) is 25.2 Å². The van der Waals surface area contributed by atoms with E-state index in [4.69, 9.17) is 5.73 Å². The fourth-order valence-electron chi connectivity index (χ4n) is 2.42. The molecule has 0 aliphatic heterocycles. The number of hydrogen-bond acceptors (Lipinski definition) is 3. The Morgan fingerprint density at radius 3 is 2.44 bits per heavy atom. The van der Waals surface area contributed by atoms with Crippen LogP contribution in [0.3, 0.4) is 0 Å². The molecule has 0 spiro atoms. The molecule has 1 atom stereocenters. The summed E-state index contributed by atoms with van der Waals surface area (Å²) in [5.41, 5.74) is 4.62. The minimum atomic E-state index is -1.10. The van der Waals surface area contributed by atoms with Gasteiger partial charge in [-0.1, -0.05) is 20.3 Å². The Morgan fingerprint density at radius 2 is 2.00 bits per heavy atom. The molecule has 18 heavy (non-hydrogen) atoms. The normalized spacial score (nSPS) is 29.6. The lowest BCUT2D eigenvalue weighted by molar-refractivity contribution is -0.149. The van der Waals surface area contributed by atoms with Crippen molar-refractivity contribution >= 4 is 11.9 Å². The second-order valence-electron chi connectivity index (χ2n) is 5.45. The second kappa shape index (κ2) is 6.18. The molecule has 0 aromatic carbocycles. The number of nitrogens with two attached hydrogens (primary N) is 1. The van der Waals surface area contributed by atoms with Gasteiger partial charge in [0.2, 0.25) is 5.91 Å². The van der Waals surface area contributed by atoms with Gasteiger partial charge in [-0.3, -0.25) is 4.79 Å². The van der Waals surface area contributed by atoms with Gasteiger partial charge in [0, 0.05) is 0 Å². The third-order valence-electron chi connectivity index (χ3n) is 3.84. The van der Waals surface area contributed by atoms with Crippen molar-refractivity contribution in [3.05, 3.63) is 0 Å². The number of carbonyl (C=O) groups excluding carboxylic acids is 1. The van der Waals surface area contributed by atoms with Crippen LogP contribution in [-0.2, 0) is 9.59 Å². The summed E-state index contributed by atoms with van der Waals surface area (Å²) in [6.45, 7) is 4.05. The number of aliphatic carboxylic acids is 1. The van der Waals surface area contributed by atoms with Crippen molar-refractivity contribution in [3.8, 4) is 0 Å². The zero-order valence-electron chi connectivity index (χ0n) is 11.2. The second-order valence-corrected chi connectivity index (χ2v) is 5.45. The van der Waals surface area contributed by atoms with E-state index < -0.39 is 17.6 Å². The highest BCUT2D eigenvalue weighted by Crippen LogP contribution is 2.32. The minimum Gasteiger partial charge on any atom is -0.480 e. The molecule has 0 bridgehead atoms. The van der Waals surface area contributed by atoms with Gasteiger partial charge < -0.3 is 16.2 Å². The first-order valence-corrected chi connectivity index (χ1v) is 6.72. The highest BCUT2D eigenvalue weighted by molar-refractivity contribution is 5.89. The molecule has 1 fully saturated rings. The summed E-state index contributed by atoms with van der Waals surface area (Å²) >= 11 is 0. The summed E-state index contributed by atoms with van der Waals surface area (Å²) in [5.74, 6) is -0.751. The van der Waals surface area contributed by atoms with Gasteiger partial charge in [0.25, 0.3) is 0 Å². The SMILES string of the molecule is CCC[C@H](N)C(=O)NC1(C(=O)O)CCC(C)CC1. The number of carboxylic acid groups (broad SMARTS) is 1. The number of amides is 1. The van der Waals surface area contributed by atoms with Crippen LogP contribution in [0, 0.1) is 5.92 Å². The molecule has 1 aliphatic carbocycles. The fraction of sp³-hybridized carbons (Fsp3) is 0.846. The first kappa shape index (κ1) is 15.0. The smallest absolute Gasteiger partial charge is 0.329 e. The number of hydrogen-bond donors (Lipinski definition) is 3. The largest absolute Gasteiger partial charge is 0.480 e. The Kier molecular flexibility index (Phi) is 5.14. The zero-order valence-corrected chi connectivity index (χ0v) is 11.2. The first-order chi connectivity index (χ1) is 8.41. The molecule has 5 heteroatoms. The maximum Gasteiger partial charge on any atom is 0.329 e. The van der Waals surface area contributed by atoms with Crippen LogP contribution in [-0.4, -0.2) is 28.6 Å². The van der Waals surface area contributed by atoms with Crippen LogP contribution in [0.5, 0.6) is 0 Å². The van der Waals surface area contributed by atoms with Crippen LogP contribution < -0.4 is 11.1 Å². The number of nitrogens with one attached hydrogen (secondary N) is 1. The number of rotatable bonds is 5. The lowest BCUT2D eigenvalue weighted by Crippen LogP contribution is -2.59. The first-order valence-electron chi connectivity index (χ1n) is 6.72. The third kappa shape index (κ3) is 3.45. The van der Waals surface area contributed by atoms with Gasteiger partial charge in [-0.15, -0.1) is 0 Å². The Morgan fingerprint density at radius 1 is 1.44 bits per heavy atom. The summed E-state index contributed by atoms with van der Waals surface area (Å²) in [5, 5.41) is 12.1. The molecule has 1 rings (SSSR count). The average molecular weight is 256 g/mol. The van der Waals surface area contributed by atoms with Crippen molar-refractivity contribution in [2.75, 3.05) is 0 Å². The highest BCUT2D eigenvalue weighted by atomic mass is 16.4. The van der Waals surface area contributed by atoms with Crippen molar-refractivity contribution in [1.29, 1.82) is 0 Å². The molecular formula is C13H24N2O3. The van der Waals surface area contributed by atoms with Gasteiger partial charge in [0.15, 0.2) is 0 Å². The van der Waals surface area contributed by atoms with Crippen LogP contribution in [0.1, 0.15) is 52.4 Å². The summed E-state index contributed by atoms with van der Waals surface area (Å²) in [6, 6.07) is -0.606. The van der Waals surface area contributed by atoms with Crippen molar-refractivity contribution in [3.63, 3.8) is 0 Å². The van der Waals surface area contributed by atoms with E-state index in [-0.39, 0.29) is 5.91 Å². The fourth-order valence-corrected chi connectivity index (χ4v) is 2.42. The molecule has 0 radical (unpaired) electrons. The van der Waals surface area contributed by atoms with E-state index in [1.807, 2.05) is 6.92 Å². The van der Waals surface area contributed by atoms with E-state index in [0.717, 1.165) is 19.3 Å². The Bertz CT molecular complexity index is 309. The quantitative estimate of drug-likeness (QED) is 0.690. The monoisotopic (exact) mass is 256 g/mol. The molecule has 4 N–H and O–H groups in total. The summed E-state index contributed by atoms with van der Waals surface area (Å²) in [4.78, 5) is 23.3. The summed E-state index contributed by atoms with van der Waals surface area (Å²) in [6.07, 6.45) is 4.04. The molecule has 104 valence electrons. The van der Waals surface area contributed by atoms with Crippen molar-refractivity contribution in [2.45, 2.75) is 64.0 Å². The lowest BCUT2D eigenvalue weighted by atomic mass is 9.77. The predicted molar refractivity (Wildman–Crippen MR) is 69.0 cm³/mol. The maximum atomic E-state index is 11.9. The third-order valence-corrected chi connectivity index (χ3v) is 3.84. The Labute approximate surface area is 108 Å². The lowest BCUT2D eigenvalue weighted by Gasteiger charge is -2.37. The van der Waals surface area contributed by atoms with Crippen molar-refractivity contribution in [1.82, 2.24) is 5.32 Å². The maximum absolute atomic E-state index is 11.9. The van der Waals surface area contributed by atoms with Crippen molar-refractivity contribution in [2.24, 2.45) is 11.7 Å². The van der Waals surface area contributed by atoms with E-state index >= 15 is 0 Å². The van der Waals surface area contributed by atoms with E-state index in [1.165, 1.54) is 0 Å². The van der Waals surface area contributed by atoms with Gasteiger partial charge in [0.05, 0.1) is 6.04 Å². The van der Waals surface area contributed by atoms with E-state index in [9.17, 15) is 14.7 Å². The van der Waals surface area contributed by atoms with E-state index in [1.54, 1.807) is 0 Å². The Balaban J connectivity index is 2.69. The predicted octanol–water partition coefficient (Wildman–Crippen LogP) is 1.26. The van der Waals surface area contributed by atoms with Crippen LogP contribution >= 0.6 is 0 Å². The van der Waals surface area contributed by atoms with Gasteiger partial charge in [-0.2, -0.15) is 0 Å². The Hall–Kier alpha value is -1.10. The molecule has 0 aromatic rings. The topological polar surface area (TPSA) is 92.4 Å². The molecule has 0 saturated heterocycles. The number of carbonyl (C=O) groups is 2. The van der Waals surface area contributed by atoms with Gasteiger partial charge in [-0.05, 0) is 38.0 Å². The average Bonchev–Trinajstić information content (AvgIpc) is 2.32. The molecule has 0 heterocycles.